The summed E-state index contributed by atoms with van der Waals surface area (Å²) in [5.41, 5.74) is 2.82. The SMILES string of the molecule is Cc1cnccc1CNc1nnnn1-c1cccc(Cl)c1Cl. The molecule has 0 unspecified atom stereocenters. The number of aromatic nitrogens is 5. The molecular formula is C14H12Cl2N6. The molecule has 1 aromatic carbocycles. The fourth-order valence-corrected chi connectivity index (χ4v) is 2.37. The van der Waals surface area contributed by atoms with Crippen molar-refractivity contribution in [2.45, 2.75) is 13.5 Å². The van der Waals surface area contributed by atoms with E-state index >= 15 is 0 Å². The Hall–Kier alpha value is -2.18. The summed E-state index contributed by atoms with van der Waals surface area (Å²) >= 11 is 12.3. The Morgan fingerprint density at radius 3 is 2.91 bits per heavy atom. The molecule has 0 fully saturated rings. The summed E-state index contributed by atoms with van der Waals surface area (Å²) in [5.74, 6) is 0.486. The van der Waals surface area contributed by atoms with Crippen LogP contribution in [0.5, 0.6) is 0 Å². The first-order chi connectivity index (χ1) is 10.7. The molecule has 0 bridgehead atoms. The van der Waals surface area contributed by atoms with E-state index in [0.717, 1.165) is 11.1 Å². The van der Waals surface area contributed by atoms with Crippen molar-refractivity contribution >= 4 is 29.2 Å². The lowest BCUT2D eigenvalue weighted by Gasteiger charge is -2.10. The maximum absolute atomic E-state index is 6.21. The van der Waals surface area contributed by atoms with Gasteiger partial charge in [0, 0.05) is 18.9 Å². The fraction of sp³-hybridized carbons (Fsp3) is 0.143. The van der Waals surface area contributed by atoms with E-state index in [9.17, 15) is 0 Å². The van der Waals surface area contributed by atoms with Crippen molar-refractivity contribution in [1.82, 2.24) is 25.2 Å². The lowest BCUT2D eigenvalue weighted by atomic mass is 10.1. The summed E-state index contributed by atoms with van der Waals surface area (Å²) in [6.45, 7) is 2.58. The fourth-order valence-electron chi connectivity index (χ4n) is 1.99. The summed E-state index contributed by atoms with van der Waals surface area (Å²) in [5, 5.41) is 15.7. The molecule has 112 valence electrons. The molecule has 0 amide bonds. The van der Waals surface area contributed by atoms with Gasteiger partial charge in [0.05, 0.1) is 15.7 Å². The number of pyridine rings is 1. The number of nitrogens with zero attached hydrogens (tertiary/aromatic N) is 5. The Morgan fingerprint density at radius 2 is 2.09 bits per heavy atom. The maximum atomic E-state index is 6.21. The number of aryl methyl sites for hydroxylation is 1. The van der Waals surface area contributed by atoms with Crippen molar-refractivity contribution in [2.75, 3.05) is 5.32 Å². The zero-order valence-electron chi connectivity index (χ0n) is 11.7. The molecule has 0 aliphatic rings. The molecule has 0 aliphatic carbocycles. The molecule has 0 saturated carbocycles. The maximum Gasteiger partial charge on any atom is 0.248 e. The van der Waals surface area contributed by atoms with Gasteiger partial charge < -0.3 is 5.32 Å². The van der Waals surface area contributed by atoms with Crippen molar-refractivity contribution in [3.63, 3.8) is 0 Å². The zero-order chi connectivity index (χ0) is 15.5. The van der Waals surface area contributed by atoms with E-state index in [4.69, 9.17) is 23.2 Å². The molecule has 2 aromatic heterocycles. The smallest absolute Gasteiger partial charge is 0.248 e. The molecule has 3 rings (SSSR count). The van der Waals surface area contributed by atoms with Crippen LogP contribution in [0.15, 0.2) is 36.7 Å². The van der Waals surface area contributed by atoms with Crippen LogP contribution in [0.25, 0.3) is 5.69 Å². The van der Waals surface area contributed by atoms with Gasteiger partial charge in [0.15, 0.2) is 0 Å². The molecule has 0 spiro atoms. The van der Waals surface area contributed by atoms with Gasteiger partial charge in [0.25, 0.3) is 0 Å². The molecule has 0 aliphatic heterocycles. The molecule has 0 atom stereocenters. The molecule has 22 heavy (non-hydrogen) atoms. The third-order valence-electron chi connectivity index (χ3n) is 3.20. The van der Waals surface area contributed by atoms with Crippen molar-refractivity contribution in [3.8, 4) is 5.69 Å². The second-order valence-corrected chi connectivity index (χ2v) is 5.43. The van der Waals surface area contributed by atoms with Crippen LogP contribution < -0.4 is 5.32 Å². The van der Waals surface area contributed by atoms with E-state index in [1.165, 1.54) is 4.68 Å². The topological polar surface area (TPSA) is 68.5 Å². The third-order valence-corrected chi connectivity index (χ3v) is 4.01. The monoisotopic (exact) mass is 334 g/mol. The molecule has 0 saturated heterocycles. The number of halogens is 2. The van der Waals surface area contributed by atoms with Gasteiger partial charge in [-0.1, -0.05) is 34.4 Å². The highest BCUT2D eigenvalue weighted by Gasteiger charge is 2.13. The standard InChI is InChI=1S/C14H12Cl2N6/c1-9-7-17-6-5-10(9)8-18-14-19-20-21-22(14)12-4-2-3-11(15)13(12)16/h2-7H,8H2,1H3,(H,18,19,21). The van der Waals surface area contributed by atoms with Gasteiger partial charge in [-0.3, -0.25) is 4.98 Å². The molecular weight excluding hydrogens is 323 g/mol. The summed E-state index contributed by atoms with van der Waals surface area (Å²) in [7, 11) is 0. The first-order valence-corrected chi connectivity index (χ1v) is 7.28. The largest absolute Gasteiger partial charge is 0.349 e. The van der Waals surface area contributed by atoms with Crippen LogP contribution in [0.4, 0.5) is 5.95 Å². The molecule has 0 radical (unpaired) electrons. The number of rotatable bonds is 4. The molecule has 1 N–H and O–H groups in total. The van der Waals surface area contributed by atoms with Crippen molar-refractivity contribution in [3.05, 3.63) is 57.8 Å². The van der Waals surface area contributed by atoms with Crippen LogP contribution in [0.3, 0.4) is 0 Å². The first-order valence-electron chi connectivity index (χ1n) is 6.53. The van der Waals surface area contributed by atoms with Gasteiger partial charge in [0.2, 0.25) is 5.95 Å². The van der Waals surface area contributed by atoms with E-state index in [2.05, 4.69) is 25.8 Å². The van der Waals surface area contributed by atoms with Crippen LogP contribution >= 0.6 is 23.2 Å². The lowest BCUT2D eigenvalue weighted by Crippen LogP contribution is -2.08. The zero-order valence-corrected chi connectivity index (χ0v) is 13.2. The summed E-state index contributed by atoms with van der Waals surface area (Å²) in [4.78, 5) is 4.07. The molecule has 2 heterocycles. The third kappa shape index (κ3) is 2.88. The average molecular weight is 335 g/mol. The Bertz CT molecular complexity index is 802. The van der Waals surface area contributed by atoms with E-state index in [-0.39, 0.29) is 0 Å². The number of hydrogen-bond acceptors (Lipinski definition) is 5. The molecule has 3 aromatic rings. The normalized spacial score (nSPS) is 10.7. The minimum Gasteiger partial charge on any atom is -0.349 e. The number of benzene rings is 1. The van der Waals surface area contributed by atoms with Gasteiger partial charge in [-0.15, -0.1) is 0 Å². The highest BCUT2D eigenvalue weighted by atomic mass is 35.5. The average Bonchev–Trinajstić information content (AvgIpc) is 2.97. The first kappa shape index (κ1) is 14.7. The van der Waals surface area contributed by atoms with Crippen molar-refractivity contribution in [2.24, 2.45) is 0 Å². The predicted octanol–water partition coefficient (Wildman–Crippen LogP) is 3.28. The van der Waals surface area contributed by atoms with Crippen molar-refractivity contribution < 1.29 is 0 Å². The minimum absolute atomic E-state index is 0.402. The van der Waals surface area contributed by atoms with Gasteiger partial charge in [-0.25, -0.2) is 0 Å². The number of anilines is 1. The second-order valence-electron chi connectivity index (χ2n) is 4.64. The summed E-state index contributed by atoms with van der Waals surface area (Å²) < 4.78 is 1.52. The van der Waals surface area contributed by atoms with Crippen LogP contribution in [-0.2, 0) is 6.54 Å². The Kier molecular flexibility index (Phi) is 4.22. The molecule has 6 nitrogen and oxygen atoms in total. The summed E-state index contributed by atoms with van der Waals surface area (Å²) in [6, 6.07) is 7.25. The minimum atomic E-state index is 0.402. The highest BCUT2D eigenvalue weighted by Crippen LogP contribution is 2.29. The molecule has 8 heteroatoms. The van der Waals surface area contributed by atoms with Crippen LogP contribution in [0.2, 0.25) is 10.0 Å². The van der Waals surface area contributed by atoms with Crippen molar-refractivity contribution in [1.29, 1.82) is 0 Å². The van der Waals surface area contributed by atoms with Crippen LogP contribution in [0.1, 0.15) is 11.1 Å². The lowest BCUT2D eigenvalue weighted by molar-refractivity contribution is 0.789. The van der Waals surface area contributed by atoms with E-state index in [0.29, 0.717) is 28.2 Å². The van der Waals surface area contributed by atoms with Gasteiger partial charge in [-0.05, 0) is 46.7 Å². The number of tetrazole rings is 1. The van der Waals surface area contributed by atoms with E-state index < -0.39 is 0 Å². The highest BCUT2D eigenvalue weighted by molar-refractivity contribution is 6.43. The Morgan fingerprint density at radius 1 is 1.23 bits per heavy atom. The number of nitrogens with one attached hydrogen (secondary N) is 1. The van der Waals surface area contributed by atoms with Gasteiger partial charge in [0.1, 0.15) is 0 Å². The Labute approximate surface area is 137 Å². The van der Waals surface area contributed by atoms with E-state index in [1.807, 2.05) is 19.2 Å². The van der Waals surface area contributed by atoms with Gasteiger partial charge in [-0.2, -0.15) is 4.68 Å². The summed E-state index contributed by atoms with van der Waals surface area (Å²) in [6.07, 6.45) is 3.56. The predicted molar refractivity (Wildman–Crippen MR) is 85.5 cm³/mol. The van der Waals surface area contributed by atoms with Crippen LogP contribution in [-0.4, -0.2) is 25.2 Å². The Balaban J connectivity index is 1.87. The van der Waals surface area contributed by atoms with Crippen LogP contribution in [0, 0.1) is 6.92 Å². The quantitative estimate of drug-likeness (QED) is 0.792. The van der Waals surface area contributed by atoms with Gasteiger partial charge >= 0.3 is 0 Å². The number of hydrogen-bond donors (Lipinski definition) is 1. The second kappa shape index (κ2) is 6.29. The van der Waals surface area contributed by atoms with E-state index in [1.54, 1.807) is 24.4 Å².